The minimum Gasteiger partial charge on any atom is -0.493 e. The van der Waals surface area contributed by atoms with Crippen molar-refractivity contribution >= 4 is 49.6 Å². The van der Waals surface area contributed by atoms with E-state index in [4.69, 9.17) is 17.0 Å². The van der Waals surface area contributed by atoms with Gasteiger partial charge in [-0.05, 0) is 61.5 Å². The number of sulfonamides is 1. The molecule has 0 spiro atoms. The first-order valence-corrected chi connectivity index (χ1v) is 12.9. The Balaban J connectivity index is 1.72. The van der Waals surface area contributed by atoms with Crippen LogP contribution in [0.5, 0.6) is 5.88 Å². The third kappa shape index (κ3) is 5.13. The quantitative estimate of drug-likeness (QED) is 0.282. The zero-order valence-corrected chi connectivity index (χ0v) is 21.2. The van der Waals surface area contributed by atoms with Gasteiger partial charge < -0.3 is 19.7 Å². The number of nitrogens with one attached hydrogen (secondary N) is 1. The van der Waals surface area contributed by atoms with Crippen molar-refractivity contribution in [3.63, 3.8) is 0 Å². The monoisotopic (exact) mass is 513 g/mol. The molecule has 1 saturated heterocycles. The summed E-state index contributed by atoms with van der Waals surface area (Å²) in [6.07, 6.45) is 1.63. The van der Waals surface area contributed by atoms with Crippen LogP contribution in [0.2, 0.25) is 0 Å². The largest absolute Gasteiger partial charge is 0.493 e. The van der Waals surface area contributed by atoms with Crippen molar-refractivity contribution in [3.05, 3.63) is 60.2 Å². The second kappa shape index (κ2) is 10.2. The molecule has 4 rings (SSSR count). The molecule has 2 heterocycles. The summed E-state index contributed by atoms with van der Waals surface area (Å²) in [6, 6.07) is 10.6. The van der Waals surface area contributed by atoms with E-state index < -0.39 is 10.0 Å². The molecule has 1 aromatic heterocycles. The fraction of sp³-hybridized carbons (Fsp3) is 0.292. The summed E-state index contributed by atoms with van der Waals surface area (Å²) in [7, 11) is -3.74. The van der Waals surface area contributed by atoms with Crippen molar-refractivity contribution in [2.24, 2.45) is 10.2 Å². The Morgan fingerprint density at radius 2 is 1.97 bits per heavy atom. The molecule has 3 aromatic rings. The Hall–Kier alpha value is -3.12. The summed E-state index contributed by atoms with van der Waals surface area (Å²) in [4.78, 5) is 0.107. The number of fused-ring (bicyclic) bond motifs is 1. The number of ether oxygens (including phenoxy) is 1. The number of hydrogen-bond donors (Lipinski definition) is 2. The van der Waals surface area contributed by atoms with E-state index in [1.165, 1.54) is 16.4 Å². The molecule has 9 nitrogen and oxygen atoms in total. The van der Waals surface area contributed by atoms with Crippen LogP contribution in [0.15, 0.2) is 64.2 Å². The molecule has 0 amide bonds. The molecule has 184 valence electrons. The van der Waals surface area contributed by atoms with Gasteiger partial charge in [-0.3, -0.25) is 0 Å². The first-order valence-electron chi connectivity index (χ1n) is 11.1. The number of morpholine rings is 1. The molecular formula is C24H27N5O4S2. The van der Waals surface area contributed by atoms with Gasteiger partial charge in [0.1, 0.15) is 0 Å². The van der Waals surface area contributed by atoms with Crippen molar-refractivity contribution in [1.82, 2.24) is 8.87 Å². The van der Waals surface area contributed by atoms with Crippen LogP contribution in [-0.4, -0.2) is 53.8 Å². The molecule has 0 unspecified atom stereocenters. The van der Waals surface area contributed by atoms with Crippen LogP contribution in [0.4, 0.5) is 11.4 Å². The maximum absolute atomic E-state index is 13.2. The number of nitrogens with zero attached hydrogens (tertiary/aromatic N) is 4. The fourth-order valence-corrected chi connectivity index (χ4v) is 5.50. The van der Waals surface area contributed by atoms with Gasteiger partial charge in [0, 0.05) is 30.7 Å². The lowest BCUT2D eigenvalue weighted by Gasteiger charge is -2.26. The van der Waals surface area contributed by atoms with Gasteiger partial charge in [0.05, 0.1) is 23.6 Å². The molecule has 0 aliphatic carbocycles. The Kier molecular flexibility index (Phi) is 7.31. The lowest BCUT2D eigenvalue weighted by molar-refractivity contribution is 0.0730. The first-order chi connectivity index (χ1) is 16.7. The van der Waals surface area contributed by atoms with E-state index in [2.05, 4.69) is 22.1 Å². The summed E-state index contributed by atoms with van der Waals surface area (Å²) < 4.78 is 34.6. The van der Waals surface area contributed by atoms with Crippen LogP contribution >= 0.6 is 12.2 Å². The number of azo groups is 1. The molecule has 0 atom stereocenters. The SMILES string of the molecule is C=CCn1c(O)c(N=NC(=S)Nc2cc(C)ccc2C)c2cc(S(=O)(=O)N3CCOCC3)ccc21. The van der Waals surface area contributed by atoms with Gasteiger partial charge in [-0.1, -0.05) is 18.2 Å². The highest BCUT2D eigenvalue weighted by Crippen LogP contribution is 2.40. The number of aromatic nitrogens is 1. The van der Waals surface area contributed by atoms with Crippen LogP contribution < -0.4 is 5.32 Å². The van der Waals surface area contributed by atoms with Crippen molar-refractivity contribution in [2.45, 2.75) is 25.3 Å². The first kappa shape index (κ1) is 25.0. The van der Waals surface area contributed by atoms with Crippen molar-refractivity contribution < 1.29 is 18.3 Å². The number of aromatic hydroxyl groups is 1. The van der Waals surface area contributed by atoms with E-state index in [0.717, 1.165) is 16.8 Å². The summed E-state index contributed by atoms with van der Waals surface area (Å²) in [5.41, 5.74) is 3.61. The Morgan fingerprint density at radius 3 is 2.69 bits per heavy atom. The summed E-state index contributed by atoms with van der Waals surface area (Å²) in [6.45, 7) is 9.24. The van der Waals surface area contributed by atoms with E-state index in [1.807, 2.05) is 32.0 Å². The predicted octanol–water partition coefficient (Wildman–Crippen LogP) is 4.65. The highest BCUT2D eigenvalue weighted by atomic mass is 32.2. The van der Waals surface area contributed by atoms with Gasteiger partial charge in [-0.25, -0.2) is 8.42 Å². The van der Waals surface area contributed by atoms with Crippen molar-refractivity contribution in [2.75, 3.05) is 31.6 Å². The number of thiocarbonyl (C=S) groups is 1. The fourth-order valence-electron chi connectivity index (χ4n) is 3.92. The average molecular weight is 514 g/mol. The van der Waals surface area contributed by atoms with Crippen LogP contribution in [0, 0.1) is 13.8 Å². The van der Waals surface area contributed by atoms with Crippen LogP contribution in [0.3, 0.4) is 0 Å². The van der Waals surface area contributed by atoms with Gasteiger partial charge in [0.15, 0.2) is 5.69 Å². The van der Waals surface area contributed by atoms with Crippen LogP contribution in [0.1, 0.15) is 11.1 Å². The maximum atomic E-state index is 13.2. The van der Waals surface area contributed by atoms with Gasteiger partial charge >= 0.3 is 0 Å². The van der Waals surface area contributed by atoms with Gasteiger partial charge in [0.25, 0.3) is 0 Å². The lowest BCUT2D eigenvalue weighted by atomic mass is 10.1. The number of allylic oxidation sites excluding steroid dienone is 1. The third-order valence-corrected chi connectivity index (χ3v) is 7.85. The van der Waals surface area contributed by atoms with E-state index in [1.54, 1.807) is 16.7 Å². The van der Waals surface area contributed by atoms with E-state index in [9.17, 15) is 13.5 Å². The lowest BCUT2D eigenvalue weighted by Crippen LogP contribution is -2.40. The second-order valence-electron chi connectivity index (χ2n) is 8.22. The molecule has 35 heavy (non-hydrogen) atoms. The molecule has 1 aliphatic rings. The zero-order valence-electron chi connectivity index (χ0n) is 19.6. The summed E-state index contributed by atoms with van der Waals surface area (Å²) >= 11 is 5.34. The molecule has 11 heteroatoms. The topological polar surface area (TPSA) is 109 Å². The zero-order chi connectivity index (χ0) is 25.2. The number of hydrogen-bond acceptors (Lipinski definition) is 6. The normalized spacial score (nSPS) is 15.0. The highest BCUT2D eigenvalue weighted by molar-refractivity contribution is 7.89. The Bertz CT molecular complexity index is 1420. The molecule has 1 aliphatic heterocycles. The number of benzene rings is 2. The number of anilines is 1. The standard InChI is InChI=1S/C24H27N5O4S2/c1-4-9-29-21-8-7-18(35(31,32)28-10-12-33-13-11-28)15-19(21)22(23(29)30)26-27-24(34)25-20-14-16(2)5-6-17(20)3/h4-8,14-15,30H,1,9-13H2,2-3H3,(H,25,34). The van der Waals surface area contributed by atoms with E-state index >= 15 is 0 Å². The Morgan fingerprint density at radius 1 is 1.23 bits per heavy atom. The smallest absolute Gasteiger partial charge is 0.243 e. The molecule has 2 N–H and O–H groups in total. The maximum Gasteiger partial charge on any atom is 0.243 e. The van der Waals surface area contributed by atoms with Crippen LogP contribution in [-0.2, 0) is 21.3 Å². The van der Waals surface area contributed by atoms with Crippen LogP contribution in [0.25, 0.3) is 10.9 Å². The number of aryl methyl sites for hydroxylation is 2. The van der Waals surface area contributed by atoms with Crippen molar-refractivity contribution in [3.8, 4) is 5.88 Å². The molecule has 0 saturated carbocycles. The minimum atomic E-state index is -3.74. The predicted molar refractivity (Wildman–Crippen MR) is 140 cm³/mol. The highest BCUT2D eigenvalue weighted by Gasteiger charge is 2.28. The number of rotatable bonds is 6. The summed E-state index contributed by atoms with van der Waals surface area (Å²) in [5.74, 6) is -0.154. The molecular weight excluding hydrogens is 486 g/mol. The molecule has 1 fully saturated rings. The average Bonchev–Trinajstić information content (AvgIpc) is 3.11. The van der Waals surface area contributed by atoms with E-state index in [0.29, 0.717) is 30.7 Å². The van der Waals surface area contributed by atoms with Crippen molar-refractivity contribution in [1.29, 1.82) is 0 Å². The Labute approximate surface area is 209 Å². The van der Waals surface area contributed by atoms with Gasteiger partial charge in [-0.15, -0.1) is 16.8 Å². The molecule has 2 aromatic carbocycles. The molecule has 0 radical (unpaired) electrons. The third-order valence-electron chi connectivity index (χ3n) is 5.78. The molecule has 0 bridgehead atoms. The second-order valence-corrected chi connectivity index (χ2v) is 10.5. The van der Waals surface area contributed by atoms with Gasteiger partial charge in [-0.2, -0.15) is 4.31 Å². The minimum absolute atomic E-state index is 0.107. The van der Waals surface area contributed by atoms with E-state index in [-0.39, 0.29) is 34.7 Å². The summed E-state index contributed by atoms with van der Waals surface area (Å²) in [5, 5.41) is 22.8. The van der Waals surface area contributed by atoms with Gasteiger partial charge in [0.2, 0.25) is 21.0 Å².